The third-order valence-electron chi connectivity index (χ3n) is 2.15. The molecule has 0 unspecified atom stereocenters. The average molecular weight is 278 g/mol. The van der Waals surface area contributed by atoms with Crippen molar-refractivity contribution in [3.8, 4) is 5.75 Å². The van der Waals surface area contributed by atoms with Gasteiger partial charge in [-0.05, 0) is 6.07 Å². The molecule has 8 heteroatoms. The van der Waals surface area contributed by atoms with Crippen LogP contribution in [0.25, 0.3) is 4.98 Å². The SMILES string of the molecule is C=CCOc1ccccc1COC(O)=C([N+]#N)[N+](=O)[O-]. The van der Waals surface area contributed by atoms with Crippen LogP contribution in [0.2, 0.25) is 0 Å². The van der Waals surface area contributed by atoms with Crippen molar-refractivity contribution >= 4 is 0 Å². The molecule has 0 atom stereocenters. The Balaban J connectivity index is 2.82. The van der Waals surface area contributed by atoms with Crippen LogP contribution in [-0.2, 0) is 11.3 Å². The highest BCUT2D eigenvalue weighted by atomic mass is 16.6. The molecule has 0 fully saturated rings. The van der Waals surface area contributed by atoms with Gasteiger partial charge >= 0.3 is 11.8 Å². The Kier molecular flexibility index (Phi) is 5.52. The highest BCUT2D eigenvalue weighted by Gasteiger charge is 2.35. The Bertz CT molecular complexity index is 577. The largest absolute Gasteiger partial charge is 0.747 e. The summed E-state index contributed by atoms with van der Waals surface area (Å²) >= 11 is 0. The van der Waals surface area contributed by atoms with E-state index in [1.165, 1.54) is 0 Å². The molecular weight excluding hydrogens is 266 g/mol. The van der Waals surface area contributed by atoms with Crippen LogP contribution in [0.15, 0.2) is 48.7 Å². The molecular formula is C12H12N3O5+. The van der Waals surface area contributed by atoms with Gasteiger partial charge in [-0.3, -0.25) is 10.1 Å². The van der Waals surface area contributed by atoms with Crippen LogP contribution in [0.4, 0.5) is 0 Å². The number of diazo groups is 1. The van der Waals surface area contributed by atoms with Crippen molar-refractivity contribution in [2.24, 2.45) is 0 Å². The maximum atomic E-state index is 10.4. The molecule has 0 aliphatic carbocycles. The molecule has 20 heavy (non-hydrogen) atoms. The summed E-state index contributed by atoms with van der Waals surface area (Å²) in [7, 11) is 0. The van der Waals surface area contributed by atoms with Gasteiger partial charge in [0.15, 0.2) is 4.92 Å². The van der Waals surface area contributed by atoms with Gasteiger partial charge in [0.05, 0.1) is 0 Å². The molecule has 0 aromatic heterocycles. The number of ether oxygens (including phenoxy) is 2. The van der Waals surface area contributed by atoms with Crippen molar-refractivity contribution in [1.29, 1.82) is 5.39 Å². The van der Waals surface area contributed by atoms with E-state index in [1.54, 1.807) is 30.3 Å². The van der Waals surface area contributed by atoms with Gasteiger partial charge in [-0.15, -0.1) is 0 Å². The molecule has 0 radical (unpaired) electrons. The zero-order valence-electron chi connectivity index (χ0n) is 10.4. The van der Waals surface area contributed by atoms with Crippen LogP contribution in [-0.4, -0.2) is 16.6 Å². The van der Waals surface area contributed by atoms with Crippen molar-refractivity contribution in [2.45, 2.75) is 6.61 Å². The van der Waals surface area contributed by atoms with Gasteiger partial charge in [-0.1, -0.05) is 30.9 Å². The first kappa shape index (κ1) is 15.0. The fourth-order valence-electron chi connectivity index (χ4n) is 1.28. The van der Waals surface area contributed by atoms with Crippen molar-refractivity contribution in [3.63, 3.8) is 0 Å². The molecule has 1 rings (SSSR count). The van der Waals surface area contributed by atoms with E-state index in [4.69, 9.17) is 14.9 Å². The van der Waals surface area contributed by atoms with Gasteiger partial charge in [0.2, 0.25) is 5.39 Å². The number of aliphatic hydroxyl groups excluding tert-OH is 1. The molecule has 0 saturated carbocycles. The molecule has 0 aliphatic heterocycles. The van der Waals surface area contributed by atoms with Crippen LogP contribution in [0.3, 0.4) is 0 Å². The van der Waals surface area contributed by atoms with Crippen molar-refractivity contribution in [1.82, 2.24) is 0 Å². The van der Waals surface area contributed by atoms with Gasteiger partial charge < -0.3 is 14.6 Å². The van der Waals surface area contributed by atoms with E-state index in [1.807, 2.05) is 0 Å². The van der Waals surface area contributed by atoms with Gasteiger partial charge in [0.25, 0.3) is 4.98 Å². The number of benzene rings is 1. The standard InChI is InChI=1S/C12H11N3O5/c1-2-7-19-10-6-4-3-5-9(10)8-20-12(16)11(14-13)15(17)18/h2-6H,1,7-8H2/p+1. The summed E-state index contributed by atoms with van der Waals surface area (Å²) in [5.41, 5.74) is 0.557. The molecule has 0 bridgehead atoms. The first-order chi connectivity index (χ1) is 9.60. The number of hydrogen-bond acceptors (Lipinski definition) is 6. The predicted octanol–water partition coefficient (Wildman–Crippen LogP) is 2.58. The topological polar surface area (TPSA) is 110 Å². The second-order valence-corrected chi connectivity index (χ2v) is 3.48. The summed E-state index contributed by atoms with van der Waals surface area (Å²) < 4.78 is 10.1. The smallest absolute Gasteiger partial charge is 0.489 e. The van der Waals surface area contributed by atoms with Gasteiger partial charge in [-0.2, -0.15) is 0 Å². The Morgan fingerprint density at radius 3 is 2.85 bits per heavy atom. The van der Waals surface area contributed by atoms with Gasteiger partial charge in [-0.25, -0.2) is 0 Å². The number of aliphatic hydroxyl groups is 1. The van der Waals surface area contributed by atoms with Gasteiger partial charge in [0.1, 0.15) is 19.0 Å². The highest BCUT2D eigenvalue weighted by molar-refractivity contribution is 5.33. The Morgan fingerprint density at radius 1 is 1.55 bits per heavy atom. The summed E-state index contributed by atoms with van der Waals surface area (Å²) in [6, 6.07) is 6.79. The molecule has 104 valence electrons. The second-order valence-electron chi connectivity index (χ2n) is 3.48. The number of hydrogen-bond donors (Lipinski definition) is 1. The maximum absolute atomic E-state index is 10.4. The number of nitrogens with zero attached hydrogens (tertiary/aromatic N) is 3. The van der Waals surface area contributed by atoms with Gasteiger partial charge in [0, 0.05) is 5.56 Å². The van der Waals surface area contributed by atoms with E-state index in [0.29, 0.717) is 11.3 Å². The minimum atomic E-state index is -1.17. The van der Waals surface area contributed by atoms with E-state index < -0.39 is 16.7 Å². The third-order valence-corrected chi connectivity index (χ3v) is 2.15. The summed E-state index contributed by atoms with van der Waals surface area (Å²) in [5.74, 6) is -1.77. The lowest BCUT2D eigenvalue weighted by Gasteiger charge is -2.09. The molecule has 1 aromatic carbocycles. The molecule has 0 spiro atoms. The summed E-state index contributed by atoms with van der Waals surface area (Å²) in [4.78, 5) is 11.7. The normalized spacial score (nSPS) is 10.9. The van der Waals surface area contributed by atoms with Crippen molar-refractivity contribution < 1.29 is 19.5 Å². The van der Waals surface area contributed by atoms with E-state index in [9.17, 15) is 15.2 Å². The third kappa shape index (κ3) is 3.99. The quantitative estimate of drug-likeness (QED) is 0.270. The minimum absolute atomic E-state index is 0.188. The summed E-state index contributed by atoms with van der Waals surface area (Å²) in [5, 5.41) is 28.1. The van der Waals surface area contributed by atoms with Crippen LogP contribution in [0.5, 0.6) is 5.75 Å². The second kappa shape index (κ2) is 7.38. The lowest BCUT2D eigenvalue weighted by molar-refractivity contribution is -0.425. The Morgan fingerprint density at radius 2 is 2.25 bits per heavy atom. The molecule has 0 amide bonds. The first-order valence-electron chi connectivity index (χ1n) is 5.47. The molecule has 0 heterocycles. The van der Waals surface area contributed by atoms with E-state index in [2.05, 4.69) is 11.6 Å². The Hall–Kier alpha value is -3.08. The van der Waals surface area contributed by atoms with E-state index in [0.717, 1.165) is 0 Å². The zero-order valence-corrected chi connectivity index (χ0v) is 10.4. The summed E-state index contributed by atoms with van der Waals surface area (Å²) in [6.07, 6.45) is 1.56. The molecule has 0 saturated heterocycles. The monoisotopic (exact) mass is 278 g/mol. The number of rotatable bonds is 7. The fourth-order valence-corrected chi connectivity index (χ4v) is 1.28. The molecule has 1 aromatic rings. The van der Waals surface area contributed by atoms with Crippen LogP contribution in [0.1, 0.15) is 5.56 Å². The Labute approximate surface area is 114 Å². The van der Waals surface area contributed by atoms with Crippen LogP contribution < -0.4 is 4.74 Å². The van der Waals surface area contributed by atoms with E-state index in [-0.39, 0.29) is 13.2 Å². The first-order valence-corrected chi connectivity index (χ1v) is 5.47. The molecule has 8 nitrogen and oxygen atoms in total. The lowest BCUT2D eigenvalue weighted by Crippen LogP contribution is -2.04. The zero-order chi connectivity index (χ0) is 15.0. The summed E-state index contributed by atoms with van der Waals surface area (Å²) in [6.45, 7) is 3.61. The fraction of sp³-hybridized carbons (Fsp3) is 0.167. The maximum Gasteiger partial charge on any atom is 0.747 e. The minimum Gasteiger partial charge on any atom is -0.489 e. The average Bonchev–Trinajstić information content (AvgIpc) is 2.44. The van der Waals surface area contributed by atoms with Crippen LogP contribution in [0, 0.1) is 15.5 Å². The number of nitro groups is 1. The van der Waals surface area contributed by atoms with Crippen molar-refractivity contribution in [3.05, 3.63) is 69.3 Å². The predicted molar refractivity (Wildman–Crippen MR) is 68.7 cm³/mol. The van der Waals surface area contributed by atoms with E-state index >= 15 is 0 Å². The molecule has 1 N–H and O–H groups in total. The molecule has 0 aliphatic rings. The number of para-hydroxylation sites is 1. The highest BCUT2D eigenvalue weighted by Crippen LogP contribution is 2.20. The lowest BCUT2D eigenvalue weighted by atomic mass is 10.2. The van der Waals surface area contributed by atoms with Crippen molar-refractivity contribution in [2.75, 3.05) is 6.61 Å². The van der Waals surface area contributed by atoms with Crippen LogP contribution >= 0.6 is 0 Å².